The Bertz CT molecular complexity index is 377. The predicted octanol–water partition coefficient (Wildman–Crippen LogP) is 4.57. The van der Waals surface area contributed by atoms with E-state index >= 15 is 0 Å². The molecule has 0 saturated heterocycles. The van der Waals surface area contributed by atoms with Gasteiger partial charge in [0.15, 0.2) is 0 Å². The van der Waals surface area contributed by atoms with Gasteiger partial charge in [0.25, 0.3) is 0 Å². The molecule has 1 N–H and O–H groups in total. The van der Waals surface area contributed by atoms with Crippen LogP contribution in [-0.2, 0) is 0 Å². The van der Waals surface area contributed by atoms with Crippen LogP contribution in [0, 0.1) is 0 Å². The first kappa shape index (κ1) is 18.5. The maximum atomic E-state index is 3.67. The van der Waals surface area contributed by atoms with Gasteiger partial charge in [0.1, 0.15) is 0 Å². The number of nitrogens with one attached hydrogen (secondary N) is 1. The number of hydrogen-bond acceptors (Lipinski definition) is 3. The Morgan fingerprint density at radius 1 is 1.10 bits per heavy atom. The molecule has 1 aromatic rings. The van der Waals surface area contributed by atoms with Gasteiger partial charge in [-0.3, -0.25) is 0 Å². The van der Waals surface area contributed by atoms with Crippen molar-refractivity contribution in [2.45, 2.75) is 51.5 Å². The predicted molar refractivity (Wildman–Crippen MR) is 96.3 cm³/mol. The molecular weight excluding hydrogens is 276 g/mol. The second-order valence-corrected chi connectivity index (χ2v) is 6.46. The van der Waals surface area contributed by atoms with Crippen molar-refractivity contribution in [2.75, 3.05) is 31.9 Å². The fraction of sp³-hybridized carbons (Fsp3) is 0.667. The summed E-state index contributed by atoms with van der Waals surface area (Å²) in [6, 6.07) is 9.38. The van der Waals surface area contributed by atoms with Crippen LogP contribution in [0.3, 0.4) is 0 Å². The molecule has 0 saturated carbocycles. The van der Waals surface area contributed by atoms with E-state index in [4.69, 9.17) is 0 Å². The summed E-state index contributed by atoms with van der Waals surface area (Å²) in [6.07, 6.45) is 2.33. The van der Waals surface area contributed by atoms with E-state index in [0.29, 0.717) is 6.04 Å². The standard InChI is InChI=1S/C18H32N2S/c1-5-13-19-17(6-2)16-11-9-10-12-18(16)21-15-14-20(7-3)8-4/h9-12,17,19H,5-8,13-15H2,1-4H3. The zero-order chi connectivity index (χ0) is 15.5. The summed E-state index contributed by atoms with van der Waals surface area (Å²) < 4.78 is 0. The average Bonchev–Trinajstić information content (AvgIpc) is 2.53. The Morgan fingerprint density at radius 2 is 1.81 bits per heavy atom. The van der Waals surface area contributed by atoms with Crippen LogP contribution < -0.4 is 5.32 Å². The van der Waals surface area contributed by atoms with Gasteiger partial charge in [-0.2, -0.15) is 0 Å². The molecule has 1 aromatic carbocycles. The van der Waals surface area contributed by atoms with E-state index in [1.807, 2.05) is 11.8 Å². The first-order valence-corrected chi connectivity index (χ1v) is 9.42. The molecule has 0 aliphatic heterocycles. The highest BCUT2D eigenvalue weighted by atomic mass is 32.2. The summed E-state index contributed by atoms with van der Waals surface area (Å²) in [6.45, 7) is 13.5. The third-order valence-electron chi connectivity index (χ3n) is 3.90. The zero-order valence-corrected chi connectivity index (χ0v) is 15.0. The maximum Gasteiger partial charge on any atom is 0.0328 e. The molecule has 0 spiro atoms. The highest BCUT2D eigenvalue weighted by molar-refractivity contribution is 7.99. The van der Waals surface area contributed by atoms with Gasteiger partial charge < -0.3 is 10.2 Å². The van der Waals surface area contributed by atoms with Gasteiger partial charge in [0, 0.05) is 23.2 Å². The summed E-state index contributed by atoms with van der Waals surface area (Å²) >= 11 is 2.00. The van der Waals surface area contributed by atoms with E-state index in [1.54, 1.807) is 0 Å². The minimum absolute atomic E-state index is 0.488. The quantitative estimate of drug-likeness (QED) is 0.603. The molecule has 0 radical (unpaired) electrons. The fourth-order valence-corrected chi connectivity index (χ4v) is 3.64. The van der Waals surface area contributed by atoms with Gasteiger partial charge in [-0.1, -0.05) is 45.9 Å². The van der Waals surface area contributed by atoms with Gasteiger partial charge in [-0.25, -0.2) is 0 Å². The fourth-order valence-electron chi connectivity index (χ4n) is 2.52. The van der Waals surface area contributed by atoms with Gasteiger partial charge in [-0.05, 0) is 44.1 Å². The number of hydrogen-bond donors (Lipinski definition) is 1. The number of rotatable bonds is 11. The number of benzene rings is 1. The molecular formula is C18H32N2S. The summed E-state index contributed by atoms with van der Waals surface area (Å²) in [5, 5.41) is 3.67. The van der Waals surface area contributed by atoms with Gasteiger partial charge >= 0.3 is 0 Å². The number of nitrogens with zero attached hydrogens (tertiary/aromatic N) is 1. The Labute approximate surface area is 135 Å². The Balaban J connectivity index is 2.65. The smallest absolute Gasteiger partial charge is 0.0328 e. The van der Waals surface area contributed by atoms with E-state index in [1.165, 1.54) is 29.2 Å². The molecule has 0 aliphatic rings. The molecule has 1 unspecified atom stereocenters. The molecule has 2 nitrogen and oxygen atoms in total. The van der Waals surface area contributed by atoms with E-state index in [9.17, 15) is 0 Å². The summed E-state index contributed by atoms with van der Waals surface area (Å²) in [7, 11) is 0. The summed E-state index contributed by atoms with van der Waals surface area (Å²) in [5.41, 5.74) is 1.47. The molecule has 1 rings (SSSR count). The van der Waals surface area contributed by atoms with Crippen molar-refractivity contribution >= 4 is 11.8 Å². The van der Waals surface area contributed by atoms with Crippen LogP contribution in [0.4, 0.5) is 0 Å². The van der Waals surface area contributed by atoms with Crippen molar-refractivity contribution in [1.82, 2.24) is 10.2 Å². The normalized spacial score (nSPS) is 12.8. The lowest BCUT2D eigenvalue weighted by Gasteiger charge is -2.21. The maximum absolute atomic E-state index is 3.67. The summed E-state index contributed by atoms with van der Waals surface area (Å²) in [4.78, 5) is 3.93. The van der Waals surface area contributed by atoms with E-state index in [2.05, 4.69) is 62.2 Å². The second-order valence-electron chi connectivity index (χ2n) is 5.33. The molecule has 0 aromatic heterocycles. The molecule has 21 heavy (non-hydrogen) atoms. The van der Waals surface area contributed by atoms with Crippen molar-refractivity contribution in [3.8, 4) is 0 Å². The van der Waals surface area contributed by atoms with Crippen LogP contribution >= 0.6 is 11.8 Å². The largest absolute Gasteiger partial charge is 0.310 e. The van der Waals surface area contributed by atoms with E-state index in [0.717, 1.165) is 26.1 Å². The molecule has 3 heteroatoms. The van der Waals surface area contributed by atoms with Crippen molar-refractivity contribution < 1.29 is 0 Å². The topological polar surface area (TPSA) is 15.3 Å². The zero-order valence-electron chi connectivity index (χ0n) is 14.2. The number of thioether (sulfide) groups is 1. The molecule has 120 valence electrons. The minimum Gasteiger partial charge on any atom is -0.310 e. The van der Waals surface area contributed by atoms with Crippen LogP contribution in [0.1, 0.15) is 52.1 Å². The first-order chi connectivity index (χ1) is 10.3. The Hall–Kier alpha value is -0.510. The minimum atomic E-state index is 0.488. The van der Waals surface area contributed by atoms with Crippen molar-refractivity contribution in [2.24, 2.45) is 0 Å². The van der Waals surface area contributed by atoms with Crippen LogP contribution in [0.25, 0.3) is 0 Å². The van der Waals surface area contributed by atoms with Crippen LogP contribution in [0.5, 0.6) is 0 Å². The monoisotopic (exact) mass is 308 g/mol. The van der Waals surface area contributed by atoms with Gasteiger partial charge in [0.05, 0.1) is 0 Å². The molecule has 0 aliphatic carbocycles. The molecule has 0 bridgehead atoms. The molecule has 0 fully saturated rings. The Kier molecular flexibility index (Phi) is 9.81. The third-order valence-corrected chi connectivity index (χ3v) is 4.97. The van der Waals surface area contributed by atoms with Gasteiger partial charge in [-0.15, -0.1) is 11.8 Å². The molecule has 1 atom stereocenters. The van der Waals surface area contributed by atoms with Crippen molar-refractivity contribution in [3.63, 3.8) is 0 Å². The third kappa shape index (κ3) is 6.41. The van der Waals surface area contributed by atoms with Crippen LogP contribution in [-0.4, -0.2) is 36.8 Å². The lowest BCUT2D eigenvalue weighted by Crippen LogP contribution is -2.25. The van der Waals surface area contributed by atoms with Gasteiger partial charge in [0.2, 0.25) is 0 Å². The SMILES string of the molecule is CCCNC(CC)c1ccccc1SCCN(CC)CC. The van der Waals surface area contributed by atoms with E-state index < -0.39 is 0 Å². The highest BCUT2D eigenvalue weighted by Crippen LogP contribution is 2.29. The van der Waals surface area contributed by atoms with E-state index in [-0.39, 0.29) is 0 Å². The van der Waals surface area contributed by atoms with Crippen molar-refractivity contribution in [3.05, 3.63) is 29.8 Å². The van der Waals surface area contributed by atoms with Crippen LogP contribution in [0.2, 0.25) is 0 Å². The lowest BCUT2D eigenvalue weighted by atomic mass is 10.0. The summed E-state index contributed by atoms with van der Waals surface area (Å²) in [5.74, 6) is 1.17. The highest BCUT2D eigenvalue weighted by Gasteiger charge is 2.12. The Morgan fingerprint density at radius 3 is 2.43 bits per heavy atom. The second kappa shape index (κ2) is 11.1. The first-order valence-electron chi connectivity index (χ1n) is 8.44. The van der Waals surface area contributed by atoms with Crippen LogP contribution in [0.15, 0.2) is 29.2 Å². The lowest BCUT2D eigenvalue weighted by molar-refractivity contribution is 0.324. The molecule has 0 amide bonds. The average molecular weight is 309 g/mol. The van der Waals surface area contributed by atoms with Crippen molar-refractivity contribution in [1.29, 1.82) is 0 Å². The molecule has 0 heterocycles.